The maximum atomic E-state index is 12.2. The molecule has 1 aromatic carbocycles. The number of hydrogen-bond donors (Lipinski definition) is 0. The zero-order valence-corrected chi connectivity index (χ0v) is 14.1. The monoisotopic (exact) mass is 354 g/mol. The molecule has 0 aliphatic carbocycles. The SMILES string of the molecule is O=Cc1ccc(C(=O)OCC(=O)N2CCN(c3ncccn3)CC2)cc1. The standard InChI is InChI=1S/C18H18N4O4/c23-12-14-2-4-15(5-3-14)17(25)26-13-16(24)21-8-10-22(11-9-21)18-19-6-1-7-20-18/h1-7,12H,8-11,13H2. The predicted molar refractivity (Wildman–Crippen MR) is 92.9 cm³/mol. The highest BCUT2D eigenvalue weighted by Crippen LogP contribution is 2.10. The number of amides is 1. The molecular weight excluding hydrogens is 336 g/mol. The van der Waals surface area contributed by atoms with Crippen LogP contribution in [0.4, 0.5) is 5.95 Å². The molecule has 3 rings (SSSR count). The van der Waals surface area contributed by atoms with Crippen LogP contribution in [0, 0.1) is 0 Å². The molecule has 1 aliphatic heterocycles. The summed E-state index contributed by atoms with van der Waals surface area (Å²) in [5.41, 5.74) is 0.771. The highest BCUT2D eigenvalue weighted by molar-refractivity contribution is 5.92. The third-order valence-electron chi connectivity index (χ3n) is 4.08. The van der Waals surface area contributed by atoms with Crippen molar-refractivity contribution in [2.75, 3.05) is 37.7 Å². The van der Waals surface area contributed by atoms with Crippen molar-refractivity contribution in [3.05, 3.63) is 53.9 Å². The molecule has 2 heterocycles. The Morgan fingerprint density at radius 3 is 2.31 bits per heavy atom. The summed E-state index contributed by atoms with van der Waals surface area (Å²) in [6.07, 6.45) is 4.06. The van der Waals surface area contributed by atoms with Crippen molar-refractivity contribution in [2.45, 2.75) is 0 Å². The number of rotatable bonds is 5. The summed E-state index contributed by atoms with van der Waals surface area (Å²) in [4.78, 5) is 46.9. The average molecular weight is 354 g/mol. The van der Waals surface area contributed by atoms with Crippen LogP contribution in [0.5, 0.6) is 0 Å². The van der Waals surface area contributed by atoms with E-state index < -0.39 is 5.97 Å². The van der Waals surface area contributed by atoms with Crippen LogP contribution < -0.4 is 4.90 Å². The Kier molecular flexibility index (Phi) is 5.52. The molecule has 1 saturated heterocycles. The molecule has 0 N–H and O–H groups in total. The lowest BCUT2D eigenvalue weighted by molar-refractivity contribution is -0.134. The third-order valence-corrected chi connectivity index (χ3v) is 4.08. The van der Waals surface area contributed by atoms with Crippen LogP contribution in [-0.2, 0) is 9.53 Å². The molecule has 8 nitrogen and oxygen atoms in total. The van der Waals surface area contributed by atoms with Gasteiger partial charge in [-0.15, -0.1) is 0 Å². The minimum absolute atomic E-state index is 0.239. The van der Waals surface area contributed by atoms with Gasteiger partial charge in [0.1, 0.15) is 6.29 Å². The van der Waals surface area contributed by atoms with Crippen molar-refractivity contribution in [1.82, 2.24) is 14.9 Å². The van der Waals surface area contributed by atoms with Gasteiger partial charge in [-0.05, 0) is 18.2 Å². The number of piperazine rings is 1. The zero-order valence-electron chi connectivity index (χ0n) is 14.1. The molecular formula is C18H18N4O4. The smallest absolute Gasteiger partial charge is 0.338 e. The first-order valence-corrected chi connectivity index (χ1v) is 8.19. The second kappa shape index (κ2) is 8.19. The van der Waals surface area contributed by atoms with Crippen LogP contribution >= 0.6 is 0 Å². The molecule has 0 radical (unpaired) electrons. The fraction of sp³-hybridized carbons (Fsp3) is 0.278. The summed E-state index contributed by atoms with van der Waals surface area (Å²) in [5, 5.41) is 0. The number of carbonyl (C=O) groups excluding carboxylic acids is 3. The van der Waals surface area contributed by atoms with Crippen molar-refractivity contribution in [2.24, 2.45) is 0 Å². The largest absolute Gasteiger partial charge is 0.452 e. The van der Waals surface area contributed by atoms with Crippen LogP contribution in [0.2, 0.25) is 0 Å². The molecule has 0 unspecified atom stereocenters. The average Bonchev–Trinajstić information content (AvgIpc) is 2.72. The quantitative estimate of drug-likeness (QED) is 0.579. The minimum atomic E-state index is -0.591. The van der Waals surface area contributed by atoms with Gasteiger partial charge in [-0.2, -0.15) is 0 Å². The van der Waals surface area contributed by atoms with Gasteiger partial charge in [0.25, 0.3) is 5.91 Å². The number of ether oxygens (including phenoxy) is 1. The second-order valence-corrected chi connectivity index (χ2v) is 5.73. The maximum absolute atomic E-state index is 12.2. The molecule has 2 aromatic rings. The lowest BCUT2D eigenvalue weighted by Gasteiger charge is -2.34. The molecule has 0 bridgehead atoms. The van der Waals surface area contributed by atoms with E-state index >= 15 is 0 Å². The molecule has 26 heavy (non-hydrogen) atoms. The van der Waals surface area contributed by atoms with Crippen LogP contribution in [0.15, 0.2) is 42.7 Å². The summed E-state index contributed by atoms with van der Waals surface area (Å²) in [6, 6.07) is 7.79. The van der Waals surface area contributed by atoms with E-state index in [1.807, 2.05) is 4.90 Å². The Bertz CT molecular complexity index is 772. The van der Waals surface area contributed by atoms with Crippen LogP contribution in [0.25, 0.3) is 0 Å². The van der Waals surface area contributed by atoms with Gasteiger partial charge >= 0.3 is 5.97 Å². The molecule has 1 aromatic heterocycles. The van der Waals surface area contributed by atoms with Crippen molar-refractivity contribution in [3.8, 4) is 0 Å². The minimum Gasteiger partial charge on any atom is -0.452 e. The summed E-state index contributed by atoms with van der Waals surface area (Å²) in [7, 11) is 0. The summed E-state index contributed by atoms with van der Waals surface area (Å²) < 4.78 is 5.07. The number of esters is 1. The fourth-order valence-electron chi connectivity index (χ4n) is 2.61. The number of nitrogens with zero attached hydrogens (tertiary/aromatic N) is 4. The topological polar surface area (TPSA) is 92.7 Å². The second-order valence-electron chi connectivity index (χ2n) is 5.73. The van der Waals surface area contributed by atoms with E-state index in [9.17, 15) is 14.4 Å². The van der Waals surface area contributed by atoms with Gasteiger partial charge in [0, 0.05) is 44.1 Å². The molecule has 8 heteroatoms. The van der Waals surface area contributed by atoms with Crippen LogP contribution in [-0.4, -0.2) is 65.8 Å². The Labute approximate surface area is 150 Å². The van der Waals surface area contributed by atoms with Crippen LogP contribution in [0.1, 0.15) is 20.7 Å². The van der Waals surface area contributed by atoms with Crippen molar-refractivity contribution in [1.29, 1.82) is 0 Å². The van der Waals surface area contributed by atoms with E-state index in [-0.39, 0.29) is 12.5 Å². The van der Waals surface area contributed by atoms with Gasteiger partial charge in [0.2, 0.25) is 5.95 Å². The Morgan fingerprint density at radius 1 is 1.04 bits per heavy atom. The van der Waals surface area contributed by atoms with Crippen molar-refractivity contribution in [3.63, 3.8) is 0 Å². The van der Waals surface area contributed by atoms with E-state index in [1.54, 1.807) is 23.4 Å². The van der Waals surface area contributed by atoms with E-state index in [4.69, 9.17) is 4.74 Å². The molecule has 0 saturated carbocycles. The van der Waals surface area contributed by atoms with Gasteiger partial charge in [-0.1, -0.05) is 12.1 Å². The first-order valence-electron chi connectivity index (χ1n) is 8.19. The maximum Gasteiger partial charge on any atom is 0.338 e. The first-order chi connectivity index (χ1) is 12.7. The van der Waals surface area contributed by atoms with Gasteiger partial charge in [0.05, 0.1) is 5.56 Å². The Hall–Kier alpha value is -3.29. The molecule has 1 amide bonds. The summed E-state index contributed by atoms with van der Waals surface area (Å²) >= 11 is 0. The lowest BCUT2D eigenvalue weighted by Crippen LogP contribution is -2.50. The van der Waals surface area contributed by atoms with Gasteiger partial charge in [-0.25, -0.2) is 14.8 Å². The Morgan fingerprint density at radius 2 is 1.69 bits per heavy atom. The predicted octanol–water partition coefficient (Wildman–Crippen LogP) is 0.795. The van der Waals surface area contributed by atoms with E-state index in [1.165, 1.54) is 24.3 Å². The van der Waals surface area contributed by atoms with Crippen LogP contribution in [0.3, 0.4) is 0 Å². The van der Waals surface area contributed by atoms with Gasteiger partial charge in [0.15, 0.2) is 6.61 Å². The number of anilines is 1. The number of aromatic nitrogens is 2. The molecule has 1 aliphatic rings. The Balaban J connectivity index is 1.46. The zero-order chi connectivity index (χ0) is 18.4. The number of aldehydes is 1. The van der Waals surface area contributed by atoms with E-state index in [2.05, 4.69) is 9.97 Å². The molecule has 134 valence electrons. The van der Waals surface area contributed by atoms with E-state index in [0.717, 1.165) is 0 Å². The van der Waals surface area contributed by atoms with Crippen molar-refractivity contribution < 1.29 is 19.1 Å². The fourth-order valence-corrected chi connectivity index (χ4v) is 2.61. The first kappa shape index (κ1) is 17.5. The highest BCUT2D eigenvalue weighted by atomic mass is 16.5. The highest BCUT2D eigenvalue weighted by Gasteiger charge is 2.23. The molecule has 0 atom stereocenters. The molecule has 1 fully saturated rings. The molecule has 0 spiro atoms. The van der Waals surface area contributed by atoms with E-state index in [0.29, 0.717) is 49.5 Å². The van der Waals surface area contributed by atoms with Gasteiger partial charge < -0.3 is 14.5 Å². The normalized spacial score (nSPS) is 14.0. The summed E-state index contributed by atoms with van der Waals surface area (Å²) in [5.74, 6) is -0.187. The third kappa shape index (κ3) is 4.21. The van der Waals surface area contributed by atoms with Gasteiger partial charge in [-0.3, -0.25) is 9.59 Å². The number of hydrogen-bond acceptors (Lipinski definition) is 7. The number of benzene rings is 1. The summed E-state index contributed by atoms with van der Waals surface area (Å²) in [6.45, 7) is 1.97. The lowest BCUT2D eigenvalue weighted by atomic mass is 10.1. The van der Waals surface area contributed by atoms with Crippen molar-refractivity contribution >= 4 is 24.1 Å². The number of carbonyl (C=O) groups is 3.